The van der Waals surface area contributed by atoms with Crippen LogP contribution in [0.25, 0.3) is 0 Å². The monoisotopic (exact) mass is 394 g/mol. The fourth-order valence-electron chi connectivity index (χ4n) is 3.53. The zero-order valence-electron chi connectivity index (χ0n) is 15.3. The smallest absolute Gasteiger partial charge is 0.416 e. The molecule has 0 spiro atoms. The van der Waals surface area contributed by atoms with Gasteiger partial charge in [0.2, 0.25) is 11.8 Å². The van der Waals surface area contributed by atoms with Crippen molar-refractivity contribution in [3.63, 3.8) is 0 Å². The summed E-state index contributed by atoms with van der Waals surface area (Å²) in [5.41, 5.74) is -0.314. The van der Waals surface area contributed by atoms with E-state index in [0.29, 0.717) is 24.2 Å². The van der Waals surface area contributed by atoms with Gasteiger partial charge in [-0.05, 0) is 42.7 Å². The maximum atomic E-state index is 13.0. The molecular weight excluding hydrogens is 373 g/mol. The van der Waals surface area contributed by atoms with Crippen molar-refractivity contribution in [3.8, 4) is 0 Å². The van der Waals surface area contributed by atoms with Crippen molar-refractivity contribution in [1.82, 2.24) is 10.2 Å². The summed E-state index contributed by atoms with van der Waals surface area (Å²) in [5, 5.41) is 2.78. The van der Waals surface area contributed by atoms with E-state index in [4.69, 9.17) is 4.42 Å². The quantitative estimate of drug-likeness (QED) is 0.855. The van der Waals surface area contributed by atoms with Crippen LogP contribution in [0, 0.1) is 5.92 Å². The highest BCUT2D eigenvalue weighted by Crippen LogP contribution is 2.36. The minimum atomic E-state index is -4.44. The largest absolute Gasteiger partial charge is 0.467 e. The molecule has 2 atom stereocenters. The first-order valence-electron chi connectivity index (χ1n) is 9.00. The number of nitrogens with zero attached hydrogens (tertiary/aromatic N) is 1. The highest BCUT2D eigenvalue weighted by molar-refractivity contribution is 5.80. The van der Waals surface area contributed by atoms with Crippen LogP contribution >= 0.6 is 0 Å². The van der Waals surface area contributed by atoms with Crippen molar-refractivity contribution in [1.29, 1.82) is 0 Å². The van der Waals surface area contributed by atoms with Gasteiger partial charge in [-0.2, -0.15) is 13.2 Å². The maximum Gasteiger partial charge on any atom is 0.416 e. The van der Waals surface area contributed by atoms with Crippen LogP contribution in [0.4, 0.5) is 13.2 Å². The third-order valence-corrected chi connectivity index (χ3v) is 4.97. The predicted octanol–water partition coefficient (Wildman–Crippen LogP) is 3.91. The van der Waals surface area contributed by atoms with E-state index in [9.17, 15) is 22.8 Å². The lowest BCUT2D eigenvalue weighted by Crippen LogP contribution is -2.46. The highest BCUT2D eigenvalue weighted by atomic mass is 19.4. The lowest BCUT2D eigenvalue weighted by molar-refractivity contribution is -0.137. The minimum Gasteiger partial charge on any atom is -0.467 e. The number of alkyl halides is 3. The molecule has 1 aliphatic heterocycles. The molecule has 2 amide bonds. The molecule has 0 bridgehead atoms. The molecule has 2 aromatic rings. The Morgan fingerprint density at radius 2 is 2.00 bits per heavy atom. The number of nitrogens with one attached hydrogen (secondary N) is 1. The average molecular weight is 394 g/mol. The van der Waals surface area contributed by atoms with Gasteiger partial charge in [-0.3, -0.25) is 9.59 Å². The van der Waals surface area contributed by atoms with E-state index in [-0.39, 0.29) is 24.9 Å². The van der Waals surface area contributed by atoms with E-state index < -0.39 is 23.7 Å². The third-order valence-electron chi connectivity index (χ3n) is 4.97. The van der Waals surface area contributed by atoms with Gasteiger partial charge in [0.15, 0.2) is 0 Å². The van der Waals surface area contributed by atoms with Crippen LogP contribution in [-0.4, -0.2) is 23.3 Å². The second-order valence-corrected chi connectivity index (χ2v) is 6.88. The van der Waals surface area contributed by atoms with Gasteiger partial charge in [-0.15, -0.1) is 0 Å². The molecule has 8 heteroatoms. The summed E-state index contributed by atoms with van der Waals surface area (Å²) in [6, 6.07) is 8.01. The number of rotatable bonds is 4. The Balaban J connectivity index is 1.71. The predicted molar refractivity (Wildman–Crippen MR) is 94.9 cm³/mol. The number of hydrogen-bond donors (Lipinski definition) is 1. The number of likely N-dealkylation sites (tertiary alicyclic amines) is 1. The summed E-state index contributed by atoms with van der Waals surface area (Å²) >= 11 is 0. The Kier molecular flexibility index (Phi) is 5.76. The summed E-state index contributed by atoms with van der Waals surface area (Å²) in [7, 11) is 0. The molecule has 2 heterocycles. The Morgan fingerprint density at radius 1 is 1.21 bits per heavy atom. The van der Waals surface area contributed by atoms with Crippen molar-refractivity contribution in [2.24, 2.45) is 5.92 Å². The fraction of sp³-hybridized carbons (Fsp3) is 0.400. The van der Waals surface area contributed by atoms with Crippen molar-refractivity contribution in [2.75, 3.05) is 6.54 Å². The van der Waals surface area contributed by atoms with Crippen molar-refractivity contribution in [2.45, 2.75) is 38.5 Å². The fourth-order valence-corrected chi connectivity index (χ4v) is 3.53. The van der Waals surface area contributed by atoms with Crippen molar-refractivity contribution >= 4 is 11.8 Å². The van der Waals surface area contributed by atoms with Gasteiger partial charge in [0.1, 0.15) is 5.76 Å². The Hall–Kier alpha value is -2.77. The molecule has 1 aromatic heterocycles. The Bertz CT molecular complexity index is 833. The van der Waals surface area contributed by atoms with E-state index in [1.807, 2.05) is 0 Å². The summed E-state index contributed by atoms with van der Waals surface area (Å²) < 4.78 is 44.2. The first-order valence-corrected chi connectivity index (χ1v) is 9.00. The van der Waals surface area contributed by atoms with Crippen LogP contribution < -0.4 is 5.32 Å². The van der Waals surface area contributed by atoms with Crippen LogP contribution in [0.2, 0.25) is 0 Å². The normalized spacial score (nSPS) is 20.1. The number of halogens is 3. The van der Waals surface area contributed by atoms with Crippen LogP contribution in [0.1, 0.15) is 42.7 Å². The van der Waals surface area contributed by atoms with E-state index in [2.05, 4.69) is 5.32 Å². The van der Waals surface area contributed by atoms with Crippen molar-refractivity contribution < 1.29 is 27.2 Å². The van der Waals surface area contributed by atoms with Gasteiger partial charge in [-0.25, -0.2) is 0 Å². The van der Waals surface area contributed by atoms with Crippen molar-refractivity contribution in [3.05, 3.63) is 59.5 Å². The molecule has 150 valence electrons. The molecule has 1 aliphatic rings. The SMILES string of the molecule is CC(=O)N1CC(C(=O)NCc2ccco2)CCC1c1cccc(C(F)(F)F)c1. The summed E-state index contributed by atoms with van der Waals surface area (Å²) in [6.07, 6.45) is -2.03. The number of carbonyl (C=O) groups is 2. The second kappa shape index (κ2) is 8.08. The molecule has 28 heavy (non-hydrogen) atoms. The molecule has 1 fully saturated rings. The van der Waals surface area contributed by atoms with Gasteiger partial charge < -0.3 is 14.6 Å². The zero-order chi connectivity index (χ0) is 20.3. The first kappa shape index (κ1) is 20.0. The molecule has 5 nitrogen and oxygen atoms in total. The molecule has 1 N–H and O–H groups in total. The minimum absolute atomic E-state index is 0.167. The third kappa shape index (κ3) is 4.55. The van der Waals surface area contributed by atoms with Crippen LogP contribution in [0.3, 0.4) is 0 Å². The highest BCUT2D eigenvalue weighted by Gasteiger charge is 2.36. The van der Waals surface area contributed by atoms with E-state index in [1.165, 1.54) is 24.2 Å². The molecule has 1 aromatic carbocycles. The molecule has 0 saturated carbocycles. The lowest BCUT2D eigenvalue weighted by Gasteiger charge is -2.39. The topological polar surface area (TPSA) is 62.6 Å². The Labute approximate surface area is 160 Å². The molecule has 0 radical (unpaired) electrons. The zero-order valence-corrected chi connectivity index (χ0v) is 15.3. The number of piperidine rings is 1. The molecule has 0 aliphatic carbocycles. The van der Waals surface area contributed by atoms with Gasteiger partial charge in [0, 0.05) is 13.5 Å². The number of amides is 2. The molecule has 1 saturated heterocycles. The lowest BCUT2D eigenvalue weighted by atomic mass is 9.87. The van der Waals surface area contributed by atoms with Gasteiger partial charge >= 0.3 is 6.18 Å². The second-order valence-electron chi connectivity index (χ2n) is 6.88. The average Bonchev–Trinajstić information content (AvgIpc) is 3.18. The van der Waals surface area contributed by atoms with Gasteiger partial charge in [-0.1, -0.05) is 12.1 Å². The Morgan fingerprint density at radius 3 is 2.64 bits per heavy atom. The summed E-state index contributed by atoms with van der Waals surface area (Å²) in [4.78, 5) is 26.1. The first-order chi connectivity index (χ1) is 13.3. The van der Waals surface area contributed by atoms with Crippen LogP contribution in [0.5, 0.6) is 0 Å². The van der Waals surface area contributed by atoms with Crippen LogP contribution in [-0.2, 0) is 22.3 Å². The summed E-state index contributed by atoms with van der Waals surface area (Å²) in [5.74, 6) is -0.272. The number of carbonyl (C=O) groups excluding carboxylic acids is 2. The number of benzene rings is 1. The van der Waals surface area contributed by atoms with Gasteiger partial charge in [0.25, 0.3) is 0 Å². The van der Waals surface area contributed by atoms with Gasteiger partial charge in [0.05, 0.1) is 30.3 Å². The summed E-state index contributed by atoms with van der Waals surface area (Å²) in [6.45, 7) is 1.78. The van der Waals surface area contributed by atoms with E-state index in [1.54, 1.807) is 18.2 Å². The van der Waals surface area contributed by atoms with E-state index >= 15 is 0 Å². The number of hydrogen-bond acceptors (Lipinski definition) is 3. The van der Waals surface area contributed by atoms with E-state index in [0.717, 1.165) is 12.1 Å². The molecule has 2 unspecified atom stereocenters. The maximum absolute atomic E-state index is 13.0. The molecular formula is C20H21F3N2O3. The number of furan rings is 1. The molecule has 3 rings (SSSR count). The standard InChI is InChI=1S/C20H21F3N2O3/c1-13(26)25-12-15(19(27)24-11-17-6-3-9-28-17)7-8-18(25)14-4-2-5-16(10-14)20(21,22)23/h2-6,9-10,15,18H,7-8,11-12H2,1H3,(H,24,27). The van der Waals surface area contributed by atoms with Crippen LogP contribution in [0.15, 0.2) is 47.1 Å².